The quantitative estimate of drug-likeness (QED) is 0.170. The second kappa shape index (κ2) is 13.8. The highest BCUT2D eigenvalue weighted by molar-refractivity contribution is 6.25. The molecule has 274 valence electrons. The number of benzene rings is 6. The van der Waals surface area contributed by atoms with Crippen LogP contribution in [0.25, 0.3) is 88.8 Å². The standard InChI is InChI=1S/C52H36N6/c53-33-39-32-38(52-55-50(36-16-6-2-7-17-36)54-51(56-52)37-26-24-35(25-27-37)34-14-4-1-5-15-34)28-30-44(39)58-45-22-12-10-20-41(45)42-29-31-47-48(49(42)58)43-21-11-13-23-46(43)57(47)40-18-8-3-9-19-40/h1,3-6,8-18,20-32,40H,2,7,19H2. The fourth-order valence-corrected chi connectivity index (χ4v) is 8.85. The van der Waals surface area contributed by atoms with Gasteiger partial charge in [-0.1, -0.05) is 140 Å². The third kappa shape index (κ3) is 5.51. The monoisotopic (exact) mass is 744 g/mol. The summed E-state index contributed by atoms with van der Waals surface area (Å²) in [7, 11) is 0. The van der Waals surface area contributed by atoms with Gasteiger partial charge in [-0.15, -0.1) is 0 Å². The van der Waals surface area contributed by atoms with Gasteiger partial charge in [0.1, 0.15) is 6.07 Å². The maximum Gasteiger partial charge on any atom is 0.164 e. The van der Waals surface area contributed by atoms with Crippen molar-refractivity contribution < 1.29 is 0 Å². The summed E-state index contributed by atoms with van der Waals surface area (Å²) in [5, 5.41) is 15.6. The van der Waals surface area contributed by atoms with Crippen LogP contribution in [0.2, 0.25) is 0 Å². The van der Waals surface area contributed by atoms with Crippen LogP contribution < -0.4 is 0 Å². The van der Waals surface area contributed by atoms with Crippen molar-refractivity contribution in [2.24, 2.45) is 0 Å². The van der Waals surface area contributed by atoms with E-state index in [4.69, 9.17) is 15.0 Å². The largest absolute Gasteiger partial charge is 0.333 e. The predicted octanol–water partition coefficient (Wildman–Crippen LogP) is 12.7. The predicted molar refractivity (Wildman–Crippen MR) is 236 cm³/mol. The Bertz CT molecular complexity index is 3260. The van der Waals surface area contributed by atoms with Crippen molar-refractivity contribution >= 4 is 49.2 Å². The van der Waals surface area contributed by atoms with E-state index in [2.05, 4.69) is 161 Å². The van der Waals surface area contributed by atoms with Crippen molar-refractivity contribution in [3.8, 4) is 45.7 Å². The lowest BCUT2D eigenvalue weighted by Crippen LogP contribution is -2.06. The molecule has 9 aromatic rings. The van der Waals surface area contributed by atoms with Crippen LogP contribution in [-0.2, 0) is 0 Å². The van der Waals surface area contributed by atoms with Crippen molar-refractivity contribution in [3.05, 3.63) is 187 Å². The van der Waals surface area contributed by atoms with Gasteiger partial charge in [0.25, 0.3) is 0 Å². The molecular weight excluding hydrogens is 709 g/mol. The average Bonchev–Trinajstić information content (AvgIpc) is 3.82. The smallest absolute Gasteiger partial charge is 0.164 e. The molecule has 0 aliphatic heterocycles. The Kier molecular flexibility index (Phi) is 8.04. The van der Waals surface area contributed by atoms with Crippen LogP contribution in [0.1, 0.15) is 36.7 Å². The minimum Gasteiger partial charge on any atom is -0.333 e. The molecule has 0 bridgehead atoms. The summed E-state index contributed by atoms with van der Waals surface area (Å²) in [6.07, 6.45) is 18.1. The van der Waals surface area contributed by atoms with Crippen LogP contribution in [0.4, 0.5) is 0 Å². The van der Waals surface area contributed by atoms with Crippen LogP contribution in [-0.4, -0.2) is 24.1 Å². The first-order valence-corrected chi connectivity index (χ1v) is 19.9. The third-order valence-electron chi connectivity index (χ3n) is 11.6. The lowest BCUT2D eigenvalue weighted by Gasteiger charge is -2.18. The molecule has 1 unspecified atom stereocenters. The van der Waals surface area contributed by atoms with E-state index < -0.39 is 0 Å². The number of rotatable bonds is 6. The molecule has 0 N–H and O–H groups in total. The first kappa shape index (κ1) is 33.7. The maximum atomic E-state index is 11.0. The fourth-order valence-electron chi connectivity index (χ4n) is 8.85. The normalized spacial score (nSPS) is 15.1. The lowest BCUT2D eigenvalue weighted by molar-refractivity contribution is 0.648. The third-order valence-corrected chi connectivity index (χ3v) is 11.6. The highest BCUT2D eigenvalue weighted by atomic mass is 15.0. The molecule has 0 fully saturated rings. The number of fused-ring (bicyclic) bond motifs is 7. The Balaban J connectivity index is 1.10. The van der Waals surface area contributed by atoms with Gasteiger partial charge in [-0.25, -0.2) is 15.0 Å². The fraction of sp³-hybridized carbons (Fsp3) is 0.0769. The molecule has 3 heterocycles. The van der Waals surface area contributed by atoms with E-state index in [0.717, 1.165) is 74.6 Å². The van der Waals surface area contributed by atoms with E-state index in [0.29, 0.717) is 23.0 Å². The Labute approximate surface area is 335 Å². The van der Waals surface area contributed by atoms with Crippen LogP contribution in [0, 0.1) is 11.3 Å². The summed E-state index contributed by atoms with van der Waals surface area (Å²) >= 11 is 0. The minimum atomic E-state index is 0.202. The van der Waals surface area contributed by atoms with Gasteiger partial charge in [-0.3, -0.25) is 0 Å². The topological polar surface area (TPSA) is 72.3 Å². The van der Waals surface area contributed by atoms with Gasteiger partial charge >= 0.3 is 0 Å². The van der Waals surface area contributed by atoms with Gasteiger partial charge in [-0.2, -0.15) is 5.26 Å². The molecule has 3 aromatic heterocycles. The summed E-state index contributed by atoms with van der Waals surface area (Å²) in [6.45, 7) is 0. The van der Waals surface area contributed by atoms with Crippen molar-refractivity contribution in [1.82, 2.24) is 24.1 Å². The highest BCUT2D eigenvalue weighted by Gasteiger charge is 2.24. The van der Waals surface area contributed by atoms with E-state index in [1.54, 1.807) is 0 Å². The van der Waals surface area contributed by atoms with Gasteiger partial charge in [0, 0.05) is 43.8 Å². The molecule has 0 saturated heterocycles. The molecule has 6 heteroatoms. The van der Waals surface area contributed by atoms with Crippen molar-refractivity contribution in [1.29, 1.82) is 5.26 Å². The summed E-state index contributed by atoms with van der Waals surface area (Å²) in [5.41, 5.74) is 10.8. The molecule has 1 atom stereocenters. The summed E-state index contributed by atoms with van der Waals surface area (Å²) < 4.78 is 4.77. The lowest BCUT2D eigenvalue weighted by atomic mass is 10.0. The Morgan fingerprint density at radius 3 is 2.05 bits per heavy atom. The number of nitrogens with zero attached hydrogens (tertiary/aromatic N) is 6. The Hall–Kier alpha value is -7.62. The molecule has 6 aromatic carbocycles. The maximum absolute atomic E-state index is 11.0. The Morgan fingerprint density at radius 1 is 0.569 bits per heavy atom. The zero-order valence-electron chi connectivity index (χ0n) is 31.6. The summed E-state index contributed by atoms with van der Waals surface area (Å²) in [5.74, 6) is 1.74. The van der Waals surface area contributed by atoms with Crippen LogP contribution in [0.3, 0.4) is 0 Å². The van der Waals surface area contributed by atoms with Crippen molar-refractivity contribution in [2.75, 3.05) is 0 Å². The van der Waals surface area contributed by atoms with Gasteiger partial charge in [-0.05, 0) is 66.8 Å². The van der Waals surface area contributed by atoms with Crippen molar-refractivity contribution in [3.63, 3.8) is 0 Å². The van der Waals surface area contributed by atoms with E-state index in [-0.39, 0.29) is 6.04 Å². The van der Waals surface area contributed by atoms with Crippen LogP contribution in [0.15, 0.2) is 176 Å². The number of allylic oxidation sites excluding steroid dienone is 8. The second-order valence-electron chi connectivity index (χ2n) is 14.9. The molecule has 0 radical (unpaired) electrons. The van der Waals surface area contributed by atoms with Crippen LogP contribution in [0.5, 0.6) is 0 Å². The molecule has 58 heavy (non-hydrogen) atoms. The van der Waals surface area contributed by atoms with Crippen LogP contribution >= 0.6 is 0 Å². The molecule has 0 saturated carbocycles. The first-order valence-electron chi connectivity index (χ1n) is 19.9. The van der Waals surface area contributed by atoms with E-state index in [1.807, 2.05) is 30.3 Å². The van der Waals surface area contributed by atoms with Gasteiger partial charge in [0.05, 0.1) is 33.8 Å². The molecule has 0 amide bonds. The number of hydrogen-bond acceptors (Lipinski definition) is 4. The summed E-state index contributed by atoms with van der Waals surface area (Å²) in [6, 6.07) is 49.3. The van der Waals surface area contributed by atoms with E-state index >= 15 is 0 Å². The van der Waals surface area contributed by atoms with E-state index in [9.17, 15) is 5.26 Å². The zero-order valence-corrected chi connectivity index (χ0v) is 31.6. The van der Waals surface area contributed by atoms with Gasteiger partial charge < -0.3 is 9.13 Å². The minimum absolute atomic E-state index is 0.202. The molecule has 2 aliphatic carbocycles. The number of nitriles is 1. The number of para-hydroxylation sites is 2. The zero-order chi connectivity index (χ0) is 38.6. The Morgan fingerprint density at radius 2 is 1.28 bits per heavy atom. The molecule has 11 rings (SSSR count). The second-order valence-corrected chi connectivity index (χ2v) is 14.9. The average molecular weight is 745 g/mol. The van der Waals surface area contributed by atoms with Crippen molar-refractivity contribution in [2.45, 2.75) is 25.3 Å². The molecule has 0 spiro atoms. The van der Waals surface area contributed by atoms with Gasteiger partial charge in [0.2, 0.25) is 0 Å². The van der Waals surface area contributed by atoms with Gasteiger partial charge in [0.15, 0.2) is 17.5 Å². The number of aromatic nitrogens is 5. The molecule has 2 aliphatic rings. The first-order chi connectivity index (χ1) is 28.7. The number of hydrogen-bond donors (Lipinski definition) is 0. The summed E-state index contributed by atoms with van der Waals surface area (Å²) in [4.78, 5) is 15.1. The highest BCUT2D eigenvalue weighted by Crippen LogP contribution is 2.43. The van der Waals surface area contributed by atoms with E-state index in [1.165, 1.54) is 21.8 Å². The molecular formula is C52H36N6. The molecule has 6 nitrogen and oxygen atoms in total. The SMILES string of the molecule is N#Cc1cc(-c2nc(C3=CCCC=C3)nc(-c3ccc(-c4ccccc4)cc3)n2)ccc1-n1c2ccccc2c2ccc3c(c4ccccc4n3C3C=CC=CC3)c21.